The molecule has 174 valence electrons. The lowest BCUT2D eigenvalue weighted by molar-refractivity contribution is -0.111. The van der Waals surface area contributed by atoms with E-state index in [2.05, 4.69) is 20.6 Å². The van der Waals surface area contributed by atoms with Gasteiger partial charge in [0.05, 0.1) is 18.4 Å². The molecule has 0 saturated carbocycles. The fraction of sp³-hybridized carbons (Fsp3) is 0.167. The Morgan fingerprint density at radius 2 is 2.06 bits per heavy atom. The van der Waals surface area contributed by atoms with Crippen molar-refractivity contribution < 1.29 is 23.2 Å². The molecule has 1 N–H and O–H groups in total. The molecule has 0 atom stereocenters. The maximum Gasteiger partial charge on any atom is 0.248 e. The monoisotopic (exact) mass is 463 g/mol. The number of benzene rings is 2. The minimum Gasteiger partial charge on any atom is -0.493 e. The Balaban J connectivity index is 1.40. The molecule has 0 aliphatic rings. The number of carbonyl (C=O) groups is 1. The van der Waals surface area contributed by atoms with Crippen LogP contribution in [0.4, 0.5) is 10.1 Å². The highest BCUT2D eigenvalue weighted by molar-refractivity contribution is 6.02. The van der Waals surface area contributed by atoms with E-state index in [9.17, 15) is 9.18 Å². The van der Waals surface area contributed by atoms with E-state index in [-0.39, 0.29) is 5.69 Å². The fourth-order valence-corrected chi connectivity index (χ4v) is 3.22. The number of anilines is 1. The van der Waals surface area contributed by atoms with E-state index in [1.54, 1.807) is 30.3 Å². The van der Waals surface area contributed by atoms with Crippen LogP contribution in [-0.4, -0.2) is 32.9 Å². The summed E-state index contributed by atoms with van der Waals surface area (Å²) in [6.07, 6.45) is 5.67. The summed E-state index contributed by atoms with van der Waals surface area (Å²) in [7, 11) is 1.54. The maximum atomic E-state index is 14.3. The Labute approximate surface area is 194 Å². The van der Waals surface area contributed by atoms with Crippen LogP contribution in [0.3, 0.4) is 0 Å². The van der Waals surface area contributed by atoms with Crippen molar-refractivity contribution in [3.8, 4) is 17.2 Å². The zero-order chi connectivity index (χ0) is 24.1. The normalized spacial score (nSPS) is 11.1. The summed E-state index contributed by atoms with van der Waals surface area (Å²) in [6.45, 7) is 3.97. The first kappa shape index (κ1) is 22.7. The van der Waals surface area contributed by atoms with Gasteiger partial charge in [0.2, 0.25) is 5.91 Å². The van der Waals surface area contributed by atoms with Gasteiger partial charge in [-0.05, 0) is 55.8 Å². The predicted octanol–water partition coefficient (Wildman–Crippen LogP) is 4.25. The quantitative estimate of drug-likeness (QED) is 0.390. The second kappa shape index (κ2) is 9.99. The standard InChI is InChI=1S/C24H22FN5O4/c1-15-19(16(2)34-29-15)12-33-22-8-4-17(10-23(22)32-3)5-9-24(31)28-18-6-7-21(20(25)11-18)30-14-26-13-27-30/h4-11,13-14H,12H2,1-3H3,(H,28,31)/b9-5+. The molecule has 2 aromatic heterocycles. The zero-order valence-corrected chi connectivity index (χ0v) is 18.8. The third kappa shape index (κ3) is 5.12. The van der Waals surface area contributed by atoms with E-state index >= 15 is 0 Å². The first-order chi connectivity index (χ1) is 16.4. The molecular formula is C24H22FN5O4. The molecule has 4 aromatic rings. The van der Waals surface area contributed by atoms with Gasteiger partial charge < -0.3 is 19.3 Å². The minimum absolute atomic E-state index is 0.231. The molecule has 0 unspecified atom stereocenters. The molecule has 0 saturated heterocycles. The molecule has 10 heteroatoms. The number of aromatic nitrogens is 4. The summed E-state index contributed by atoms with van der Waals surface area (Å²) >= 11 is 0. The van der Waals surface area contributed by atoms with Crippen LogP contribution >= 0.6 is 0 Å². The van der Waals surface area contributed by atoms with Crippen LogP contribution in [0.15, 0.2) is 59.7 Å². The van der Waals surface area contributed by atoms with Gasteiger partial charge in [0, 0.05) is 11.8 Å². The average molecular weight is 463 g/mol. The van der Waals surface area contributed by atoms with Crippen LogP contribution < -0.4 is 14.8 Å². The summed E-state index contributed by atoms with van der Waals surface area (Å²) in [5, 5.41) is 10.4. The fourth-order valence-electron chi connectivity index (χ4n) is 3.22. The van der Waals surface area contributed by atoms with Crippen molar-refractivity contribution in [2.75, 3.05) is 12.4 Å². The van der Waals surface area contributed by atoms with Gasteiger partial charge >= 0.3 is 0 Å². The summed E-state index contributed by atoms with van der Waals surface area (Å²) < 4.78 is 32.1. The molecule has 4 rings (SSSR count). The molecule has 9 nitrogen and oxygen atoms in total. The Kier molecular flexibility index (Phi) is 6.67. The Bertz CT molecular complexity index is 1310. The number of amides is 1. The lowest BCUT2D eigenvalue weighted by Gasteiger charge is -2.11. The van der Waals surface area contributed by atoms with Gasteiger partial charge in [0.15, 0.2) is 17.3 Å². The first-order valence-electron chi connectivity index (χ1n) is 10.3. The van der Waals surface area contributed by atoms with Crippen LogP contribution in [0.2, 0.25) is 0 Å². The second-order valence-corrected chi connectivity index (χ2v) is 7.33. The summed E-state index contributed by atoms with van der Waals surface area (Å²) in [5.41, 5.74) is 2.93. The molecule has 2 heterocycles. The van der Waals surface area contributed by atoms with E-state index in [0.717, 1.165) is 16.8 Å². The number of halogens is 1. The number of rotatable bonds is 8. The highest BCUT2D eigenvalue weighted by Crippen LogP contribution is 2.30. The number of methoxy groups -OCH3 is 1. The third-order valence-electron chi connectivity index (χ3n) is 5.05. The highest BCUT2D eigenvalue weighted by Gasteiger charge is 2.12. The number of hydrogen-bond donors (Lipinski definition) is 1. The summed E-state index contributed by atoms with van der Waals surface area (Å²) in [5.74, 6) is 0.817. The van der Waals surface area contributed by atoms with Gasteiger partial charge in [-0.15, -0.1) is 0 Å². The topological polar surface area (TPSA) is 104 Å². The number of carbonyl (C=O) groups excluding carboxylic acids is 1. The molecule has 0 fully saturated rings. The van der Waals surface area contributed by atoms with Crippen molar-refractivity contribution >= 4 is 17.7 Å². The van der Waals surface area contributed by atoms with E-state index in [1.807, 2.05) is 13.8 Å². The molecule has 0 radical (unpaired) electrons. The Hall–Kier alpha value is -4.47. The van der Waals surface area contributed by atoms with E-state index in [1.165, 1.54) is 42.7 Å². The summed E-state index contributed by atoms with van der Waals surface area (Å²) in [6, 6.07) is 9.61. The van der Waals surface area contributed by atoms with Gasteiger partial charge in [-0.2, -0.15) is 5.10 Å². The van der Waals surface area contributed by atoms with Crippen molar-refractivity contribution in [1.29, 1.82) is 0 Å². The van der Waals surface area contributed by atoms with Crippen LogP contribution in [0.25, 0.3) is 11.8 Å². The van der Waals surface area contributed by atoms with E-state index in [0.29, 0.717) is 29.6 Å². The Morgan fingerprint density at radius 1 is 1.21 bits per heavy atom. The van der Waals surface area contributed by atoms with Crippen molar-refractivity contribution in [2.45, 2.75) is 20.5 Å². The van der Waals surface area contributed by atoms with E-state index < -0.39 is 11.7 Å². The first-order valence-corrected chi connectivity index (χ1v) is 10.3. The number of nitrogens with zero attached hydrogens (tertiary/aromatic N) is 4. The zero-order valence-electron chi connectivity index (χ0n) is 18.8. The lowest BCUT2D eigenvalue weighted by atomic mass is 10.1. The van der Waals surface area contributed by atoms with E-state index in [4.69, 9.17) is 14.0 Å². The van der Waals surface area contributed by atoms with Gasteiger partial charge in [-0.1, -0.05) is 11.2 Å². The molecule has 0 spiro atoms. The molecule has 2 aromatic carbocycles. The van der Waals surface area contributed by atoms with Gasteiger partial charge in [0.25, 0.3) is 0 Å². The van der Waals surface area contributed by atoms with Gasteiger partial charge in [0.1, 0.15) is 30.7 Å². The largest absolute Gasteiger partial charge is 0.493 e. The van der Waals surface area contributed by atoms with Gasteiger partial charge in [-0.25, -0.2) is 14.1 Å². The van der Waals surface area contributed by atoms with Gasteiger partial charge in [-0.3, -0.25) is 4.79 Å². The molecule has 1 amide bonds. The highest BCUT2D eigenvalue weighted by atomic mass is 19.1. The molecule has 0 bridgehead atoms. The van der Waals surface area contributed by atoms with Crippen LogP contribution in [0.1, 0.15) is 22.6 Å². The van der Waals surface area contributed by atoms with Crippen molar-refractivity contribution in [1.82, 2.24) is 19.9 Å². The SMILES string of the molecule is COc1cc(/C=C/C(=O)Nc2ccc(-n3cncn3)c(F)c2)ccc1OCc1c(C)noc1C. The number of nitrogens with one attached hydrogen (secondary N) is 1. The Morgan fingerprint density at radius 3 is 2.74 bits per heavy atom. The lowest BCUT2D eigenvalue weighted by Crippen LogP contribution is -2.08. The second-order valence-electron chi connectivity index (χ2n) is 7.33. The predicted molar refractivity (Wildman–Crippen MR) is 122 cm³/mol. The molecule has 0 aliphatic heterocycles. The minimum atomic E-state index is -0.538. The summed E-state index contributed by atoms with van der Waals surface area (Å²) in [4.78, 5) is 16.1. The van der Waals surface area contributed by atoms with Crippen LogP contribution in [-0.2, 0) is 11.4 Å². The molecular weight excluding hydrogens is 441 g/mol. The third-order valence-corrected chi connectivity index (χ3v) is 5.05. The van der Waals surface area contributed by atoms with Crippen molar-refractivity contribution in [2.24, 2.45) is 0 Å². The van der Waals surface area contributed by atoms with Crippen LogP contribution in [0, 0.1) is 19.7 Å². The van der Waals surface area contributed by atoms with Crippen molar-refractivity contribution in [3.63, 3.8) is 0 Å². The maximum absolute atomic E-state index is 14.3. The van der Waals surface area contributed by atoms with Crippen molar-refractivity contribution in [3.05, 3.63) is 83.5 Å². The number of aryl methyl sites for hydroxylation is 2. The number of ether oxygens (including phenoxy) is 2. The number of hydrogen-bond acceptors (Lipinski definition) is 7. The average Bonchev–Trinajstić information content (AvgIpc) is 3.47. The molecule has 34 heavy (non-hydrogen) atoms. The molecule has 0 aliphatic carbocycles. The smallest absolute Gasteiger partial charge is 0.248 e. The van der Waals surface area contributed by atoms with Crippen LogP contribution in [0.5, 0.6) is 11.5 Å².